The van der Waals surface area contributed by atoms with Crippen molar-refractivity contribution < 1.29 is 5.11 Å². The van der Waals surface area contributed by atoms with Crippen molar-refractivity contribution in [1.29, 1.82) is 0 Å². The minimum atomic E-state index is 0.282. The molecular formula is C19H16N2O. The van der Waals surface area contributed by atoms with Crippen LogP contribution in [-0.2, 0) is 0 Å². The number of hydrogen-bond donors (Lipinski definition) is 1. The Balaban J connectivity index is 1.84. The van der Waals surface area contributed by atoms with Gasteiger partial charge in [0.25, 0.3) is 0 Å². The number of rotatable bonds is 3. The average Bonchev–Trinajstić information content (AvgIpc) is 2.57. The molecule has 3 rings (SSSR count). The number of nitrogens with zero attached hydrogens (tertiary/aromatic N) is 2. The van der Waals surface area contributed by atoms with Gasteiger partial charge >= 0.3 is 0 Å². The number of phenolic OH excluding ortho intramolecular Hbond substituents is 1. The Morgan fingerprint density at radius 2 is 1.36 bits per heavy atom. The molecule has 0 unspecified atom stereocenters. The average molecular weight is 288 g/mol. The highest BCUT2D eigenvalue weighted by Gasteiger charge is 2.04. The summed E-state index contributed by atoms with van der Waals surface area (Å²) in [5, 5.41) is 18.4. The summed E-state index contributed by atoms with van der Waals surface area (Å²) in [6, 6.07) is 22.9. The van der Waals surface area contributed by atoms with Crippen LogP contribution in [0.4, 0.5) is 11.4 Å². The third-order valence-electron chi connectivity index (χ3n) is 3.37. The second-order valence-electron chi connectivity index (χ2n) is 5.10. The van der Waals surface area contributed by atoms with Crippen molar-refractivity contribution in [3.05, 3.63) is 78.4 Å². The fourth-order valence-corrected chi connectivity index (χ4v) is 2.20. The topological polar surface area (TPSA) is 45.0 Å². The van der Waals surface area contributed by atoms with E-state index in [9.17, 15) is 5.11 Å². The largest absolute Gasteiger partial charge is 0.507 e. The molecule has 0 bridgehead atoms. The lowest BCUT2D eigenvalue weighted by molar-refractivity contribution is 0.477. The van der Waals surface area contributed by atoms with E-state index in [1.54, 1.807) is 6.07 Å². The molecule has 0 fully saturated rings. The summed E-state index contributed by atoms with van der Waals surface area (Å²) in [5.74, 6) is 0.282. The van der Waals surface area contributed by atoms with Crippen LogP contribution in [0.15, 0.2) is 83.0 Å². The molecular weight excluding hydrogens is 272 g/mol. The molecule has 22 heavy (non-hydrogen) atoms. The van der Waals surface area contributed by atoms with Crippen molar-refractivity contribution >= 4 is 11.4 Å². The van der Waals surface area contributed by atoms with Crippen LogP contribution < -0.4 is 0 Å². The first kappa shape index (κ1) is 14.0. The molecule has 0 amide bonds. The minimum Gasteiger partial charge on any atom is -0.507 e. The zero-order chi connectivity index (χ0) is 15.4. The predicted octanol–water partition coefficient (Wildman–Crippen LogP) is 5.78. The Morgan fingerprint density at radius 1 is 0.727 bits per heavy atom. The maximum Gasteiger partial charge on any atom is 0.123 e. The summed E-state index contributed by atoms with van der Waals surface area (Å²) in [7, 11) is 0. The Hall–Kier alpha value is -2.94. The van der Waals surface area contributed by atoms with Gasteiger partial charge in [0.05, 0.1) is 11.4 Å². The predicted molar refractivity (Wildman–Crippen MR) is 88.9 cm³/mol. The smallest absolute Gasteiger partial charge is 0.123 e. The van der Waals surface area contributed by atoms with Crippen LogP contribution in [0.5, 0.6) is 5.75 Å². The van der Waals surface area contributed by atoms with Crippen LogP contribution in [0.1, 0.15) is 5.56 Å². The van der Waals surface area contributed by atoms with E-state index in [-0.39, 0.29) is 5.75 Å². The van der Waals surface area contributed by atoms with E-state index in [4.69, 9.17) is 0 Å². The van der Waals surface area contributed by atoms with Gasteiger partial charge in [0.2, 0.25) is 0 Å². The van der Waals surface area contributed by atoms with Crippen molar-refractivity contribution in [3.8, 4) is 16.9 Å². The second-order valence-corrected chi connectivity index (χ2v) is 5.10. The van der Waals surface area contributed by atoms with Crippen molar-refractivity contribution in [2.24, 2.45) is 10.2 Å². The summed E-state index contributed by atoms with van der Waals surface area (Å²) in [6.45, 7) is 2.01. The van der Waals surface area contributed by atoms with Crippen LogP contribution in [0.2, 0.25) is 0 Å². The summed E-state index contributed by atoms with van der Waals surface area (Å²) in [5.41, 5.74) is 4.50. The summed E-state index contributed by atoms with van der Waals surface area (Å²) >= 11 is 0. The minimum absolute atomic E-state index is 0.282. The Bertz CT molecular complexity index is 793. The van der Waals surface area contributed by atoms with E-state index in [1.807, 2.05) is 73.7 Å². The van der Waals surface area contributed by atoms with Gasteiger partial charge in [-0.25, -0.2) is 0 Å². The molecule has 0 radical (unpaired) electrons. The van der Waals surface area contributed by atoms with Gasteiger partial charge in [-0.05, 0) is 48.9 Å². The van der Waals surface area contributed by atoms with E-state index in [0.29, 0.717) is 0 Å². The molecule has 3 aromatic rings. The molecule has 3 heteroatoms. The lowest BCUT2D eigenvalue weighted by Crippen LogP contribution is -1.80. The maximum absolute atomic E-state index is 9.97. The SMILES string of the molecule is Cc1ccc(O)c(-c2ccc(N=Nc3ccccc3)cc2)c1. The summed E-state index contributed by atoms with van der Waals surface area (Å²) in [6.07, 6.45) is 0. The zero-order valence-corrected chi connectivity index (χ0v) is 12.3. The van der Waals surface area contributed by atoms with Gasteiger partial charge in [0, 0.05) is 5.56 Å². The molecule has 3 nitrogen and oxygen atoms in total. The summed E-state index contributed by atoms with van der Waals surface area (Å²) < 4.78 is 0. The maximum atomic E-state index is 9.97. The fourth-order valence-electron chi connectivity index (χ4n) is 2.20. The van der Waals surface area contributed by atoms with Crippen LogP contribution in [0.25, 0.3) is 11.1 Å². The van der Waals surface area contributed by atoms with Crippen molar-refractivity contribution in [1.82, 2.24) is 0 Å². The third kappa shape index (κ3) is 3.20. The Morgan fingerprint density at radius 3 is 2.05 bits per heavy atom. The number of aromatic hydroxyl groups is 1. The van der Waals surface area contributed by atoms with Gasteiger partial charge < -0.3 is 5.11 Å². The van der Waals surface area contributed by atoms with Gasteiger partial charge in [0.1, 0.15) is 5.75 Å². The van der Waals surface area contributed by atoms with Gasteiger partial charge in [-0.2, -0.15) is 10.2 Å². The molecule has 0 aromatic heterocycles. The van der Waals surface area contributed by atoms with Crippen LogP contribution in [0, 0.1) is 6.92 Å². The quantitative estimate of drug-likeness (QED) is 0.610. The molecule has 0 aliphatic rings. The molecule has 108 valence electrons. The normalized spacial score (nSPS) is 11.0. The number of aryl methyl sites for hydroxylation is 1. The molecule has 0 aliphatic heterocycles. The van der Waals surface area contributed by atoms with Gasteiger partial charge in [-0.3, -0.25) is 0 Å². The summed E-state index contributed by atoms with van der Waals surface area (Å²) in [4.78, 5) is 0. The van der Waals surface area contributed by atoms with Gasteiger partial charge in [-0.15, -0.1) is 0 Å². The van der Waals surface area contributed by atoms with Crippen LogP contribution in [0.3, 0.4) is 0 Å². The lowest BCUT2D eigenvalue weighted by Gasteiger charge is -2.06. The molecule has 0 heterocycles. The Labute approximate surface area is 129 Å². The monoisotopic (exact) mass is 288 g/mol. The molecule has 0 atom stereocenters. The fraction of sp³-hybridized carbons (Fsp3) is 0.0526. The molecule has 0 spiro atoms. The van der Waals surface area contributed by atoms with Crippen LogP contribution in [-0.4, -0.2) is 5.11 Å². The first-order valence-electron chi connectivity index (χ1n) is 7.09. The molecule has 0 saturated carbocycles. The van der Waals surface area contributed by atoms with E-state index < -0.39 is 0 Å². The van der Waals surface area contributed by atoms with Crippen molar-refractivity contribution in [3.63, 3.8) is 0 Å². The number of phenols is 1. The first-order valence-corrected chi connectivity index (χ1v) is 7.09. The van der Waals surface area contributed by atoms with Gasteiger partial charge in [-0.1, -0.05) is 42.0 Å². The van der Waals surface area contributed by atoms with E-state index in [2.05, 4.69) is 10.2 Å². The number of azo groups is 1. The molecule has 0 saturated heterocycles. The van der Waals surface area contributed by atoms with Crippen molar-refractivity contribution in [2.45, 2.75) is 6.92 Å². The first-order chi connectivity index (χ1) is 10.7. The van der Waals surface area contributed by atoms with E-state index >= 15 is 0 Å². The standard InChI is InChI=1S/C19H16N2O/c1-14-7-12-19(22)18(13-14)15-8-10-17(11-9-15)21-20-16-5-3-2-4-6-16/h2-13,22H,1H3. The van der Waals surface area contributed by atoms with E-state index in [0.717, 1.165) is 28.1 Å². The lowest BCUT2D eigenvalue weighted by atomic mass is 10.0. The highest BCUT2D eigenvalue weighted by atomic mass is 16.3. The number of hydrogen-bond acceptors (Lipinski definition) is 3. The third-order valence-corrected chi connectivity index (χ3v) is 3.37. The molecule has 1 N–H and O–H groups in total. The molecule has 3 aromatic carbocycles. The highest BCUT2D eigenvalue weighted by molar-refractivity contribution is 5.71. The highest BCUT2D eigenvalue weighted by Crippen LogP contribution is 2.31. The Kier molecular flexibility index (Phi) is 3.97. The van der Waals surface area contributed by atoms with Crippen molar-refractivity contribution in [2.75, 3.05) is 0 Å². The second kappa shape index (κ2) is 6.22. The van der Waals surface area contributed by atoms with Crippen LogP contribution >= 0.6 is 0 Å². The zero-order valence-electron chi connectivity index (χ0n) is 12.3. The van der Waals surface area contributed by atoms with E-state index in [1.165, 1.54) is 0 Å². The van der Waals surface area contributed by atoms with Gasteiger partial charge in [0.15, 0.2) is 0 Å². The molecule has 0 aliphatic carbocycles. The number of benzene rings is 3.